The van der Waals surface area contributed by atoms with Gasteiger partial charge in [0.05, 0.1) is 16.9 Å². The van der Waals surface area contributed by atoms with E-state index in [-0.39, 0.29) is 23.0 Å². The van der Waals surface area contributed by atoms with Crippen molar-refractivity contribution in [3.8, 4) is 0 Å². The van der Waals surface area contributed by atoms with Gasteiger partial charge in [0.1, 0.15) is 17.5 Å². The van der Waals surface area contributed by atoms with Crippen LogP contribution in [0, 0.1) is 24.4 Å². The number of anilines is 2. The van der Waals surface area contributed by atoms with Gasteiger partial charge in [-0.1, -0.05) is 19.9 Å². The van der Waals surface area contributed by atoms with Gasteiger partial charge in [-0.25, -0.2) is 13.2 Å². The molecule has 3 N–H and O–H groups in total. The maximum atomic E-state index is 14.2. The summed E-state index contributed by atoms with van der Waals surface area (Å²) in [4.78, 5) is 13.8. The zero-order chi connectivity index (χ0) is 19.4. The number of hydrogen-bond acceptors (Lipinski definition) is 3. The van der Waals surface area contributed by atoms with Crippen LogP contribution in [-0.2, 0) is 0 Å². The van der Waals surface area contributed by atoms with Crippen LogP contribution < -0.4 is 11.1 Å². The summed E-state index contributed by atoms with van der Waals surface area (Å²) >= 11 is 0. The number of nitrogens with one attached hydrogen (secondary N) is 1. The fourth-order valence-corrected chi connectivity index (χ4v) is 2.59. The first kappa shape index (κ1) is 19.8. The summed E-state index contributed by atoms with van der Waals surface area (Å²) in [6, 6.07) is 5.83. The molecule has 0 atom stereocenters. The highest BCUT2D eigenvalue weighted by Crippen LogP contribution is 2.29. The molecular weight excluding hydrogens is 343 g/mol. The van der Waals surface area contributed by atoms with Crippen molar-refractivity contribution >= 4 is 17.3 Å². The lowest BCUT2D eigenvalue weighted by Gasteiger charge is -2.37. The molecule has 0 spiro atoms. The molecule has 1 aliphatic heterocycles. The molecular formula is C19H22F3N3O. The summed E-state index contributed by atoms with van der Waals surface area (Å²) in [5, 5.41) is 2.61. The number of halogens is 3. The third-order valence-electron chi connectivity index (χ3n) is 3.86. The molecule has 0 saturated carbocycles. The Bertz CT molecular complexity index is 805. The minimum absolute atomic E-state index is 0.0277. The monoisotopic (exact) mass is 365 g/mol. The van der Waals surface area contributed by atoms with Gasteiger partial charge in [0.15, 0.2) is 0 Å². The van der Waals surface area contributed by atoms with E-state index in [1.807, 2.05) is 13.8 Å². The summed E-state index contributed by atoms with van der Waals surface area (Å²) in [5.41, 5.74) is 5.91. The van der Waals surface area contributed by atoms with Crippen molar-refractivity contribution in [2.45, 2.75) is 26.8 Å². The minimum Gasteiger partial charge on any atom is -0.352 e. The molecule has 0 aromatic heterocycles. The maximum Gasteiger partial charge on any atom is 0.259 e. The van der Waals surface area contributed by atoms with E-state index in [4.69, 9.17) is 5.73 Å². The van der Waals surface area contributed by atoms with Crippen molar-refractivity contribution < 1.29 is 18.0 Å². The summed E-state index contributed by atoms with van der Waals surface area (Å²) < 4.78 is 41.8. The van der Waals surface area contributed by atoms with E-state index in [1.54, 1.807) is 13.0 Å². The van der Waals surface area contributed by atoms with Crippen LogP contribution in [0.1, 0.15) is 29.8 Å². The predicted octanol–water partition coefficient (Wildman–Crippen LogP) is 3.97. The normalized spacial score (nSPS) is 13.6. The Morgan fingerprint density at radius 2 is 1.73 bits per heavy atom. The Morgan fingerprint density at radius 1 is 1.08 bits per heavy atom. The van der Waals surface area contributed by atoms with Crippen LogP contribution in [0.3, 0.4) is 0 Å². The second-order valence-electron chi connectivity index (χ2n) is 5.89. The van der Waals surface area contributed by atoms with Gasteiger partial charge in [-0.3, -0.25) is 4.79 Å². The minimum atomic E-state index is -1.00. The van der Waals surface area contributed by atoms with E-state index in [2.05, 4.69) is 5.32 Å². The first-order chi connectivity index (χ1) is 12.3. The highest BCUT2D eigenvalue weighted by Gasteiger charge is 2.32. The molecule has 0 aliphatic carbocycles. The SMILES string of the molecule is CC.Cc1ccc(Nc2cc(F)cc(F)c2C(=O)N2CC(N)C2)c(F)c1. The highest BCUT2D eigenvalue weighted by atomic mass is 19.1. The van der Waals surface area contributed by atoms with Crippen LogP contribution in [0.25, 0.3) is 0 Å². The smallest absolute Gasteiger partial charge is 0.259 e. The lowest BCUT2D eigenvalue weighted by atomic mass is 10.0. The van der Waals surface area contributed by atoms with Crippen LogP contribution in [0.2, 0.25) is 0 Å². The predicted molar refractivity (Wildman–Crippen MR) is 96.0 cm³/mol. The summed E-state index contributed by atoms with van der Waals surface area (Å²) in [7, 11) is 0. The molecule has 26 heavy (non-hydrogen) atoms. The zero-order valence-corrected chi connectivity index (χ0v) is 14.9. The molecule has 7 heteroatoms. The largest absolute Gasteiger partial charge is 0.352 e. The number of hydrogen-bond donors (Lipinski definition) is 2. The molecule has 3 rings (SSSR count). The number of nitrogens with two attached hydrogens (primary N) is 1. The number of carbonyl (C=O) groups excluding carboxylic acids is 1. The van der Waals surface area contributed by atoms with Crippen LogP contribution >= 0.6 is 0 Å². The molecule has 1 fully saturated rings. The highest BCUT2D eigenvalue weighted by molar-refractivity contribution is 6.01. The second-order valence-corrected chi connectivity index (χ2v) is 5.89. The van der Waals surface area contributed by atoms with Gasteiger partial charge < -0.3 is 16.0 Å². The van der Waals surface area contributed by atoms with Crippen molar-refractivity contribution in [3.05, 3.63) is 58.9 Å². The Hall–Kier alpha value is -2.54. The molecule has 4 nitrogen and oxygen atoms in total. The molecule has 1 saturated heterocycles. The van der Waals surface area contributed by atoms with Gasteiger partial charge in [-0.05, 0) is 30.7 Å². The maximum absolute atomic E-state index is 14.2. The Labute approximate surface area is 150 Å². The van der Waals surface area contributed by atoms with Gasteiger partial charge in [-0.15, -0.1) is 0 Å². The van der Waals surface area contributed by atoms with Crippen LogP contribution in [0.4, 0.5) is 24.5 Å². The van der Waals surface area contributed by atoms with E-state index in [1.165, 1.54) is 17.0 Å². The first-order valence-corrected chi connectivity index (χ1v) is 8.42. The molecule has 1 amide bonds. The zero-order valence-electron chi connectivity index (χ0n) is 14.9. The molecule has 1 aliphatic rings. The average Bonchev–Trinajstić information content (AvgIpc) is 2.55. The fraction of sp³-hybridized carbons (Fsp3) is 0.316. The van der Waals surface area contributed by atoms with E-state index in [9.17, 15) is 18.0 Å². The number of amides is 1. The molecule has 140 valence electrons. The van der Waals surface area contributed by atoms with E-state index >= 15 is 0 Å². The average molecular weight is 365 g/mol. The Morgan fingerprint density at radius 3 is 2.31 bits per heavy atom. The lowest BCUT2D eigenvalue weighted by molar-refractivity contribution is 0.0604. The van der Waals surface area contributed by atoms with Gasteiger partial charge >= 0.3 is 0 Å². The number of rotatable bonds is 3. The number of carbonyl (C=O) groups is 1. The third kappa shape index (κ3) is 4.16. The molecule has 0 radical (unpaired) electrons. The Kier molecular flexibility index (Phi) is 6.26. The second kappa shape index (κ2) is 8.23. The van der Waals surface area contributed by atoms with Crippen LogP contribution in [0.15, 0.2) is 30.3 Å². The van der Waals surface area contributed by atoms with Gasteiger partial charge in [0.25, 0.3) is 5.91 Å². The van der Waals surface area contributed by atoms with E-state index in [0.29, 0.717) is 24.7 Å². The van der Waals surface area contributed by atoms with Gasteiger partial charge in [0, 0.05) is 25.2 Å². The van der Waals surface area contributed by atoms with Crippen molar-refractivity contribution in [2.75, 3.05) is 18.4 Å². The van der Waals surface area contributed by atoms with E-state index in [0.717, 1.165) is 6.07 Å². The molecule has 2 aromatic carbocycles. The number of aryl methyl sites for hydroxylation is 1. The topological polar surface area (TPSA) is 58.4 Å². The van der Waals surface area contributed by atoms with Crippen molar-refractivity contribution in [1.82, 2.24) is 4.90 Å². The standard InChI is InChI=1S/C17H16F3N3O.C2H6/c1-9-2-3-14(12(19)4-9)22-15-6-10(18)5-13(20)16(15)17(24)23-7-11(21)8-23;1-2/h2-6,11,22H,7-8,21H2,1H3;1-2H3. The molecule has 1 heterocycles. The number of benzene rings is 2. The van der Waals surface area contributed by atoms with Crippen molar-refractivity contribution in [2.24, 2.45) is 5.73 Å². The van der Waals surface area contributed by atoms with Crippen LogP contribution in [-0.4, -0.2) is 29.9 Å². The summed E-state index contributed by atoms with van der Waals surface area (Å²) in [6.45, 7) is 6.32. The summed E-state index contributed by atoms with van der Waals surface area (Å²) in [5.74, 6) is -3.05. The molecule has 2 aromatic rings. The van der Waals surface area contributed by atoms with Gasteiger partial charge in [-0.2, -0.15) is 0 Å². The third-order valence-corrected chi connectivity index (χ3v) is 3.86. The van der Waals surface area contributed by atoms with E-state index < -0.39 is 23.4 Å². The lowest BCUT2D eigenvalue weighted by Crippen LogP contribution is -2.58. The molecule has 0 unspecified atom stereocenters. The quantitative estimate of drug-likeness (QED) is 0.865. The first-order valence-electron chi connectivity index (χ1n) is 8.42. The fourth-order valence-electron chi connectivity index (χ4n) is 2.59. The van der Waals surface area contributed by atoms with Crippen molar-refractivity contribution in [3.63, 3.8) is 0 Å². The van der Waals surface area contributed by atoms with Crippen LogP contribution in [0.5, 0.6) is 0 Å². The molecule has 0 bridgehead atoms. The summed E-state index contributed by atoms with van der Waals surface area (Å²) in [6.07, 6.45) is 0. The van der Waals surface area contributed by atoms with Crippen molar-refractivity contribution in [1.29, 1.82) is 0 Å². The Balaban J connectivity index is 0.00000117. The number of nitrogens with zero attached hydrogens (tertiary/aromatic N) is 1. The van der Waals surface area contributed by atoms with Gasteiger partial charge in [0.2, 0.25) is 0 Å². The number of likely N-dealkylation sites (tertiary alicyclic amines) is 1.